The minimum Gasteiger partial charge on any atom is -0.308 e. The highest BCUT2D eigenvalue weighted by atomic mass is 19.3. The maximum atomic E-state index is 13.5. The lowest BCUT2D eigenvalue weighted by Crippen LogP contribution is -2.20. The molecule has 7 nitrogen and oxygen atoms in total. The van der Waals surface area contributed by atoms with E-state index in [0.717, 1.165) is 12.8 Å². The summed E-state index contributed by atoms with van der Waals surface area (Å²) in [6, 6.07) is 3.15. The van der Waals surface area contributed by atoms with E-state index in [2.05, 4.69) is 20.5 Å². The third kappa shape index (κ3) is 3.04. The molecule has 1 aliphatic carbocycles. The zero-order chi connectivity index (χ0) is 18.4. The fraction of sp³-hybridized carbons (Fsp3) is 0.412. The highest BCUT2D eigenvalue weighted by Gasteiger charge is 2.29. The van der Waals surface area contributed by atoms with Crippen molar-refractivity contribution in [1.29, 1.82) is 0 Å². The van der Waals surface area contributed by atoms with E-state index in [0.29, 0.717) is 28.2 Å². The van der Waals surface area contributed by atoms with Gasteiger partial charge in [0.1, 0.15) is 6.54 Å². The Kier molecular flexibility index (Phi) is 3.93. The quantitative estimate of drug-likeness (QED) is 0.759. The summed E-state index contributed by atoms with van der Waals surface area (Å²) in [6.07, 6.45) is 1.00. The van der Waals surface area contributed by atoms with Gasteiger partial charge >= 0.3 is 0 Å². The number of fused-ring (bicyclic) bond motifs is 1. The third-order valence-corrected chi connectivity index (χ3v) is 4.43. The second-order valence-corrected chi connectivity index (χ2v) is 6.58. The van der Waals surface area contributed by atoms with Crippen LogP contribution >= 0.6 is 0 Å². The van der Waals surface area contributed by atoms with Crippen molar-refractivity contribution in [1.82, 2.24) is 24.5 Å². The van der Waals surface area contributed by atoms with Crippen molar-refractivity contribution in [2.75, 3.05) is 5.32 Å². The van der Waals surface area contributed by atoms with Crippen LogP contribution in [0.4, 0.5) is 14.6 Å². The molecule has 0 aliphatic heterocycles. The number of hydrogen-bond donors (Lipinski definition) is 1. The van der Waals surface area contributed by atoms with Crippen molar-refractivity contribution in [2.24, 2.45) is 7.05 Å². The molecule has 0 spiro atoms. The van der Waals surface area contributed by atoms with Crippen molar-refractivity contribution in [2.45, 2.75) is 38.7 Å². The molecule has 26 heavy (non-hydrogen) atoms. The van der Waals surface area contributed by atoms with Crippen molar-refractivity contribution in [3.8, 4) is 0 Å². The minimum atomic E-state index is -2.61. The van der Waals surface area contributed by atoms with Gasteiger partial charge in [-0.1, -0.05) is 0 Å². The molecular weight excluding hydrogens is 342 g/mol. The van der Waals surface area contributed by atoms with Gasteiger partial charge in [0, 0.05) is 36.5 Å². The summed E-state index contributed by atoms with van der Waals surface area (Å²) < 4.78 is 30.1. The van der Waals surface area contributed by atoms with Crippen LogP contribution < -0.4 is 5.32 Å². The van der Waals surface area contributed by atoms with Gasteiger partial charge in [0.05, 0.1) is 11.1 Å². The van der Waals surface area contributed by atoms with Gasteiger partial charge in [-0.05, 0) is 25.8 Å². The summed E-state index contributed by atoms with van der Waals surface area (Å²) in [5, 5.41) is 11.4. The first kappa shape index (κ1) is 16.6. The zero-order valence-electron chi connectivity index (χ0n) is 14.4. The average Bonchev–Trinajstić information content (AvgIpc) is 3.29. The molecule has 0 bridgehead atoms. The normalized spacial score (nSPS) is 14.3. The molecule has 1 aliphatic rings. The highest BCUT2D eigenvalue weighted by Crippen LogP contribution is 2.41. The fourth-order valence-electron chi connectivity index (χ4n) is 3.08. The van der Waals surface area contributed by atoms with Gasteiger partial charge in [-0.2, -0.15) is 10.2 Å². The fourth-order valence-corrected chi connectivity index (χ4v) is 3.08. The Morgan fingerprint density at radius 2 is 2.15 bits per heavy atom. The molecule has 0 radical (unpaired) electrons. The molecular formula is C17H18F2N6O. The van der Waals surface area contributed by atoms with Gasteiger partial charge in [-0.3, -0.25) is 9.48 Å². The first-order valence-corrected chi connectivity index (χ1v) is 8.38. The summed E-state index contributed by atoms with van der Waals surface area (Å²) in [5.74, 6) is 0.304. The number of aryl methyl sites for hydroxylation is 2. The Hall–Kier alpha value is -2.84. The molecule has 1 fully saturated rings. The van der Waals surface area contributed by atoms with Gasteiger partial charge in [-0.15, -0.1) is 0 Å². The number of alkyl halides is 2. The van der Waals surface area contributed by atoms with Crippen LogP contribution in [-0.4, -0.2) is 30.5 Å². The van der Waals surface area contributed by atoms with E-state index >= 15 is 0 Å². The van der Waals surface area contributed by atoms with Gasteiger partial charge < -0.3 is 5.32 Å². The lowest BCUT2D eigenvalue weighted by atomic mass is 10.1. The molecule has 9 heteroatoms. The van der Waals surface area contributed by atoms with E-state index in [9.17, 15) is 13.6 Å². The highest BCUT2D eigenvalue weighted by molar-refractivity contribution is 5.91. The van der Waals surface area contributed by atoms with Crippen LogP contribution in [0.3, 0.4) is 0 Å². The first-order valence-electron chi connectivity index (χ1n) is 8.38. The summed E-state index contributed by atoms with van der Waals surface area (Å²) in [6.45, 7) is 1.53. The van der Waals surface area contributed by atoms with Gasteiger partial charge in [0.15, 0.2) is 11.5 Å². The van der Waals surface area contributed by atoms with E-state index in [4.69, 9.17) is 0 Å². The predicted molar refractivity (Wildman–Crippen MR) is 91.0 cm³/mol. The molecule has 0 atom stereocenters. The number of carbonyl (C=O) groups excluding carboxylic acids is 1. The number of rotatable bonds is 5. The Balaban J connectivity index is 1.69. The van der Waals surface area contributed by atoms with Gasteiger partial charge in [0.2, 0.25) is 5.91 Å². The van der Waals surface area contributed by atoms with E-state index < -0.39 is 6.43 Å². The third-order valence-electron chi connectivity index (χ3n) is 4.43. The number of hydrogen-bond acceptors (Lipinski definition) is 4. The SMILES string of the molecule is Cc1nn(CC(=O)Nc2ccn(C)n2)c2nc(C3CC3)cc(C(F)F)c12. The monoisotopic (exact) mass is 360 g/mol. The van der Waals surface area contributed by atoms with E-state index in [1.54, 1.807) is 30.9 Å². The van der Waals surface area contributed by atoms with Crippen molar-refractivity contribution >= 4 is 22.8 Å². The molecule has 0 aromatic carbocycles. The minimum absolute atomic E-state index is 0.0641. The molecule has 1 N–H and O–H groups in total. The summed E-state index contributed by atoms with van der Waals surface area (Å²) >= 11 is 0. The first-order chi connectivity index (χ1) is 12.4. The molecule has 0 saturated heterocycles. The number of halogens is 2. The summed E-state index contributed by atoms with van der Waals surface area (Å²) in [4.78, 5) is 16.8. The predicted octanol–water partition coefficient (Wildman–Crippen LogP) is 2.93. The van der Waals surface area contributed by atoms with Gasteiger partial charge in [-0.25, -0.2) is 18.4 Å². The van der Waals surface area contributed by atoms with Crippen LogP contribution in [0.1, 0.15) is 42.1 Å². The Morgan fingerprint density at radius 1 is 1.38 bits per heavy atom. The second-order valence-electron chi connectivity index (χ2n) is 6.58. The van der Waals surface area contributed by atoms with Crippen LogP contribution in [0.15, 0.2) is 18.3 Å². The standard InChI is InChI=1S/C17H18F2N6O/c1-9-15-11(16(18)19)7-12(10-3-4-10)20-17(15)25(22-9)8-14(26)21-13-5-6-24(2)23-13/h5-7,10,16H,3-4,8H2,1-2H3,(H,21,23,26). The molecule has 4 rings (SSSR count). The van der Waals surface area contributed by atoms with E-state index in [1.807, 2.05) is 0 Å². The largest absolute Gasteiger partial charge is 0.308 e. The van der Waals surface area contributed by atoms with Gasteiger partial charge in [0.25, 0.3) is 6.43 Å². The summed E-state index contributed by atoms with van der Waals surface area (Å²) in [7, 11) is 1.75. The lowest BCUT2D eigenvalue weighted by molar-refractivity contribution is -0.116. The number of amides is 1. The van der Waals surface area contributed by atoms with Crippen molar-refractivity contribution in [3.05, 3.63) is 35.3 Å². The topological polar surface area (TPSA) is 77.6 Å². The zero-order valence-corrected chi connectivity index (χ0v) is 14.4. The molecule has 136 valence electrons. The molecule has 3 heterocycles. The molecule has 3 aromatic rings. The maximum absolute atomic E-state index is 13.5. The number of aromatic nitrogens is 5. The van der Waals surface area contributed by atoms with E-state index in [1.165, 1.54) is 10.7 Å². The number of pyridine rings is 1. The van der Waals surface area contributed by atoms with Crippen LogP contribution in [0.2, 0.25) is 0 Å². The molecule has 1 saturated carbocycles. The number of nitrogens with one attached hydrogen (secondary N) is 1. The number of anilines is 1. The molecule has 0 unspecified atom stereocenters. The van der Waals surface area contributed by atoms with Crippen LogP contribution in [-0.2, 0) is 18.4 Å². The Morgan fingerprint density at radius 3 is 2.77 bits per heavy atom. The van der Waals surface area contributed by atoms with E-state index in [-0.39, 0.29) is 23.9 Å². The second kappa shape index (κ2) is 6.15. The molecule has 3 aromatic heterocycles. The van der Waals surface area contributed by atoms with Crippen LogP contribution in [0.5, 0.6) is 0 Å². The van der Waals surface area contributed by atoms with Crippen molar-refractivity contribution in [3.63, 3.8) is 0 Å². The van der Waals surface area contributed by atoms with Crippen molar-refractivity contribution < 1.29 is 13.6 Å². The Bertz CT molecular complexity index is 989. The average molecular weight is 360 g/mol. The van der Waals surface area contributed by atoms with Crippen LogP contribution in [0.25, 0.3) is 11.0 Å². The summed E-state index contributed by atoms with van der Waals surface area (Å²) in [5.41, 5.74) is 1.36. The maximum Gasteiger partial charge on any atom is 0.264 e. The number of nitrogens with zero attached hydrogens (tertiary/aromatic N) is 5. The van der Waals surface area contributed by atoms with Crippen LogP contribution in [0, 0.1) is 6.92 Å². The molecule has 1 amide bonds. The lowest BCUT2D eigenvalue weighted by Gasteiger charge is -2.08. The smallest absolute Gasteiger partial charge is 0.264 e. The Labute approximate surface area is 148 Å². The number of carbonyl (C=O) groups is 1.